The molecule has 96 valence electrons. The monoisotopic (exact) mass is 318 g/mol. The van der Waals surface area contributed by atoms with Crippen molar-refractivity contribution in [3.05, 3.63) is 29.8 Å². The van der Waals surface area contributed by atoms with Gasteiger partial charge in [-0.1, -0.05) is 52.5 Å². The molecule has 17 heavy (non-hydrogen) atoms. The lowest BCUT2D eigenvalue weighted by Gasteiger charge is -2.11. The Kier molecular flexibility index (Phi) is 4.92. The topological polar surface area (TPSA) is 52.6 Å². The molecule has 0 spiro atoms. The van der Waals surface area contributed by atoms with Gasteiger partial charge >= 0.3 is 10.4 Å². The molecule has 0 fully saturated rings. The lowest BCUT2D eigenvalue weighted by molar-refractivity contribution is 0.279. The molecule has 0 saturated heterocycles. The van der Waals surface area contributed by atoms with E-state index in [1.807, 2.05) is 6.92 Å². The van der Waals surface area contributed by atoms with Crippen LogP contribution in [0.4, 0.5) is 0 Å². The first-order chi connectivity index (χ1) is 7.68. The molecule has 0 amide bonds. The smallest absolute Gasteiger partial charge is 0.362 e. The fourth-order valence-electron chi connectivity index (χ4n) is 0.875. The molecule has 0 aliphatic carbocycles. The molecule has 8 heteroatoms. The van der Waals surface area contributed by atoms with Crippen molar-refractivity contribution in [3.63, 3.8) is 0 Å². The molecule has 1 aromatic carbocycles. The predicted molar refractivity (Wildman–Crippen MR) is 67.0 cm³/mol. The Labute approximate surface area is 115 Å². The SMILES string of the molecule is Cc1ccc(OS(=O)(=O)OCC(Cl)(Cl)Cl)cc1. The van der Waals surface area contributed by atoms with E-state index in [-0.39, 0.29) is 5.75 Å². The lowest BCUT2D eigenvalue weighted by atomic mass is 10.2. The molecule has 0 bridgehead atoms. The van der Waals surface area contributed by atoms with Gasteiger partial charge in [0.05, 0.1) is 0 Å². The number of hydrogen-bond donors (Lipinski definition) is 0. The predicted octanol–water partition coefficient (Wildman–Crippen LogP) is 3.01. The largest absolute Gasteiger partial charge is 0.449 e. The summed E-state index contributed by atoms with van der Waals surface area (Å²) in [6.45, 7) is 1.24. The summed E-state index contributed by atoms with van der Waals surface area (Å²) < 4.78 is 29.8. The van der Waals surface area contributed by atoms with Gasteiger partial charge < -0.3 is 4.18 Å². The lowest BCUT2D eigenvalue weighted by Crippen LogP contribution is -2.21. The van der Waals surface area contributed by atoms with E-state index in [4.69, 9.17) is 34.8 Å². The molecule has 0 N–H and O–H groups in total. The average Bonchev–Trinajstić information content (AvgIpc) is 2.18. The zero-order valence-corrected chi connectivity index (χ0v) is 11.8. The summed E-state index contributed by atoms with van der Waals surface area (Å²) >= 11 is 16.0. The molecule has 0 unspecified atom stereocenters. The Hall–Kier alpha value is -0.200. The van der Waals surface area contributed by atoms with Gasteiger partial charge in [0.2, 0.25) is 3.79 Å². The van der Waals surface area contributed by atoms with Crippen LogP contribution < -0.4 is 4.18 Å². The van der Waals surface area contributed by atoms with Crippen molar-refractivity contribution in [1.29, 1.82) is 0 Å². The minimum Gasteiger partial charge on any atom is -0.362 e. The summed E-state index contributed by atoms with van der Waals surface area (Å²) in [5, 5.41) is 0. The second-order valence-corrected chi connectivity index (χ2v) is 6.92. The van der Waals surface area contributed by atoms with Crippen LogP contribution in [0.25, 0.3) is 0 Å². The Balaban J connectivity index is 2.64. The van der Waals surface area contributed by atoms with Gasteiger partial charge in [-0.2, -0.15) is 8.42 Å². The van der Waals surface area contributed by atoms with Crippen molar-refractivity contribution >= 4 is 45.2 Å². The molecule has 1 rings (SSSR count). The van der Waals surface area contributed by atoms with Gasteiger partial charge in [-0.3, -0.25) is 0 Å². The van der Waals surface area contributed by atoms with Crippen LogP contribution >= 0.6 is 34.8 Å². The summed E-state index contributed by atoms with van der Waals surface area (Å²) in [5.74, 6) is 0.125. The number of alkyl halides is 3. The molecule has 0 aliphatic rings. The van der Waals surface area contributed by atoms with Gasteiger partial charge in [-0.25, -0.2) is 4.18 Å². The molecular formula is C9H9Cl3O4S. The summed E-state index contributed by atoms with van der Waals surface area (Å²) in [4.78, 5) is 0. The van der Waals surface area contributed by atoms with Crippen molar-refractivity contribution < 1.29 is 16.8 Å². The molecule has 0 heterocycles. The first-order valence-corrected chi connectivity index (χ1v) is 6.87. The summed E-state index contributed by atoms with van der Waals surface area (Å²) in [6, 6.07) is 6.37. The van der Waals surface area contributed by atoms with Crippen molar-refractivity contribution in [3.8, 4) is 5.75 Å². The number of hydrogen-bond acceptors (Lipinski definition) is 4. The van der Waals surface area contributed by atoms with E-state index in [1.54, 1.807) is 12.1 Å². The molecule has 4 nitrogen and oxygen atoms in total. The Morgan fingerprint density at radius 3 is 2.18 bits per heavy atom. The summed E-state index contributed by atoms with van der Waals surface area (Å²) in [6.07, 6.45) is 0. The van der Waals surface area contributed by atoms with Gasteiger partial charge in [-0.15, -0.1) is 0 Å². The molecule has 0 atom stereocenters. The maximum Gasteiger partial charge on any atom is 0.449 e. The molecule has 0 saturated carbocycles. The Morgan fingerprint density at radius 2 is 1.71 bits per heavy atom. The fraction of sp³-hybridized carbons (Fsp3) is 0.333. The minimum absolute atomic E-state index is 0.125. The van der Waals surface area contributed by atoms with Crippen molar-refractivity contribution in [2.45, 2.75) is 10.7 Å². The second-order valence-electron chi connectivity index (χ2n) is 3.18. The highest BCUT2D eigenvalue weighted by molar-refractivity contribution is 7.82. The van der Waals surface area contributed by atoms with Crippen LogP contribution in [0.5, 0.6) is 5.75 Å². The Bertz CT molecular complexity index is 464. The van der Waals surface area contributed by atoms with Gasteiger partial charge in [0.25, 0.3) is 0 Å². The third-order valence-corrected chi connectivity index (χ3v) is 2.72. The highest BCUT2D eigenvalue weighted by Crippen LogP contribution is 2.27. The first-order valence-electron chi connectivity index (χ1n) is 4.40. The van der Waals surface area contributed by atoms with Crippen molar-refractivity contribution in [2.75, 3.05) is 6.61 Å². The number of benzene rings is 1. The van der Waals surface area contributed by atoms with Crippen LogP contribution in [0.1, 0.15) is 5.56 Å². The average molecular weight is 320 g/mol. The van der Waals surface area contributed by atoms with Crippen LogP contribution in [0.15, 0.2) is 24.3 Å². The van der Waals surface area contributed by atoms with E-state index < -0.39 is 20.8 Å². The van der Waals surface area contributed by atoms with E-state index >= 15 is 0 Å². The van der Waals surface area contributed by atoms with Gasteiger partial charge in [-0.05, 0) is 19.1 Å². The van der Waals surface area contributed by atoms with Crippen LogP contribution in [-0.2, 0) is 14.6 Å². The second kappa shape index (κ2) is 5.63. The van der Waals surface area contributed by atoms with E-state index in [1.165, 1.54) is 12.1 Å². The van der Waals surface area contributed by atoms with E-state index in [9.17, 15) is 8.42 Å². The third kappa shape index (κ3) is 6.33. The van der Waals surface area contributed by atoms with E-state index in [0.717, 1.165) is 5.56 Å². The molecule has 0 aromatic heterocycles. The maximum absolute atomic E-state index is 11.3. The zero-order valence-electron chi connectivity index (χ0n) is 8.69. The highest BCUT2D eigenvalue weighted by atomic mass is 35.6. The standard InChI is InChI=1S/C9H9Cl3O4S/c1-7-2-4-8(5-3-7)16-17(13,14)15-6-9(10,11)12/h2-5H,6H2,1H3. The number of aryl methyl sites for hydroxylation is 1. The van der Waals surface area contributed by atoms with Crippen molar-refractivity contribution in [1.82, 2.24) is 0 Å². The van der Waals surface area contributed by atoms with Crippen LogP contribution in [0.2, 0.25) is 0 Å². The molecular weight excluding hydrogens is 311 g/mol. The third-order valence-electron chi connectivity index (χ3n) is 1.59. The minimum atomic E-state index is -4.23. The van der Waals surface area contributed by atoms with Gasteiger partial charge in [0.1, 0.15) is 12.4 Å². The molecule has 0 radical (unpaired) electrons. The summed E-state index contributed by atoms with van der Waals surface area (Å²) in [7, 11) is -4.23. The summed E-state index contributed by atoms with van der Waals surface area (Å²) in [5.41, 5.74) is 0.969. The number of rotatable bonds is 4. The maximum atomic E-state index is 11.3. The molecule has 1 aromatic rings. The van der Waals surface area contributed by atoms with Crippen LogP contribution in [0.3, 0.4) is 0 Å². The van der Waals surface area contributed by atoms with Gasteiger partial charge in [0.15, 0.2) is 0 Å². The first kappa shape index (κ1) is 14.9. The molecule has 0 aliphatic heterocycles. The van der Waals surface area contributed by atoms with E-state index in [2.05, 4.69) is 8.37 Å². The fourth-order valence-corrected chi connectivity index (χ4v) is 1.95. The van der Waals surface area contributed by atoms with Crippen molar-refractivity contribution in [2.24, 2.45) is 0 Å². The Morgan fingerprint density at radius 1 is 1.18 bits per heavy atom. The van der Waals surface area contributed by atoms with Gasteiger partial charge in [0, 0.05) is 0 Å². The van der Waals surface area contributed by atoms with Crippen LogP contribution in [0, 0.1) is 6.92 Å². The normalized spacial score (nSPS) is 12.5. The van der Waals surface area contributed by atoms with E-state index in [0.29, 0.717) is 0 Å². The van der Waals surface area contributed by atoms with Crippen LogP contribution in [-0.4, -0.2) is 18.8 Å². The highest BCUT2D eigenvalue weighted by Gasteiger charge is 2.25. The quantitative estimate of drug-likeness (QED) is 0.801. The number of halogens is 3. The zero-order chi connectivity index (χ0) is 13.1.